The van der Waals surface area contributed by atoms with E-state index in [1.54, 1.807) is 38.5 Å². The van der Waals surface area contributed by atoms with Crippen LogP contribution in [0.4, 0.5) is 0 Å². The van der Waals surface area contributed by atoms with E-state index in [4.69, 9.17) is 18.9 Å². The molecule has 2 rings (SSSR count). The molecule has 0 aliphatic heterocycles. The summed E-state index contributed by atoms with van der Waals surface area (Å²) in [7, 11) is 3.12. The van der Waals surface area contributed by atoms with Gasteiger partial charge in [-0.25, -0.2) is 5.43 Å². The maximum atomic E-state index is 11.9. The maximum absolute atomic E-state index is 11.9. The molecule has 0 atom stereocenters. The summed E-state index contributed by atoms with van der Waals surface area (Å²) in [5, 5.41) is 3.93. The SMILES string of the molecule is CCCOc1ccc(/C=N/NC(=O)COc2ccccc2OC)cc1OC. The van der Waals surface area contributed by atoms with Crippen LogP contribution >= 0.6 is 0 Å². The van der Waals surface area contributed by atoms with Crippen LogP contribution in [0.1, 0.15) is 18.9 Å². The number of para-hydroxylation sites is 2. The number of ether oxygens (including phenoxy) is 4. The lowest BCUT2D eigenvalue weighted by Crippen LogP contribution is -2.24. The highest BCUT2D eigenvalue weighted by atomic mass is 16.5. The molecule has 7 heteroatoms. The molecule has 144 valence electrons. The van der Waals surface area contributed by atoms with Crippen molar-refractivity contribution in [1.29, 1.82) is 0 Å². The zero-order valence-electron chi connectivity index (χ0n) is 15.7. The van der Waals surface area contributed by atoms with Gasteiger partial charge >= 0.3 is 0 Å². The molecule has 0 bridgehead atoms. The summed E-state index contributed by atoms with van der Waals surface area (Å²) < 4.78 is 21.5. The second-order valence-corrected chi connectivity index (χ2v) is 5.49. The number of nitrogens with one attached hydrogen (secondary N) is 1. The molecule has 2 aromatic carbocycles. The van der Waals surface area contributed by atoms with Gasteiger partial charge in [0.2, 0.25) is 0 Å². The van der Waals surface area contributed by atoms with Gasteiger partial charge in [0.05, 0.1) is 27.0 Å². The fourth-order valence-corrected chi connectivity index (χ4v) is 2.19. The molecule has 7 nitrogen and oxygen atoms in total. The number of amides is 1. The molecule has 0 aliphatic carbocycles. The minimum atomic E-state index is -0.382. The molecule has 0 unspecified atom stereocenters. The molecule has 0 heterocycles. The number of carbonyl (C=O) groups excluding carboxylic acids is 1. The van der Waals surface area contributed by atoms with Crippen LogP contribution in [0.3, 0.4) is 0 Å². The Balaban J connectivity index is 1.88. The van der Waals surface area contributed by atoms with Crippen LogP contribution in [0.25, 0.3) is 0 Å². The highest BCUT2D eigenvalue weighted by Crippen LogP contribution is 2.27. The van der Waals surface area contributed by atoms with Crippen LogP contribution in [0.5, 0.6) is 23.0 Å². The Labute approximate surface area is 158 Å². The molecule has 1 amide bonds. The van der Waals surface area contributed by atoms with Gasteiger partial charge in [0.25, 0.3) is 5.91 Å². The number of methoxy groups -OCH3 is 2. The fraction of sp³-hybridized carbons (Fsp3) is 0.300. The lowest BCUT2D eigenvalue weighted by atomic mass is 10.2. The van der Waals surface area contributed by atoms with Crippen molar-refractivity contribution in [3.05, 3.63) is 48.0 Å². The zero-order chi connectivity index (χ0) is 19.5. The van der Waals surface area contributed by atoms with Gasteiger partial charge in [0, 0.05) is 0 Å². The molecule has 1 N–H and O–H groups in total. The van der Waals surface area contributed by atoms with E-state index in [2.05, 4.69) is 10.5 Å². The molecule has 0 saturated carbocycles. The number of hydrazone groups is 1. The molecular formula is C20H24N2O5. The van der Waals surface area contributed by atoms with Gasteiger partial charge in [-0.05, 0) is 42.3 Å². The zero-order valence-corrected chi connectivity index (χ0v) is 15.7. The Morgan fingerprint density at radius 3 is 2.41 bits per heavy atom. The summed E-state index contributed by atoms with van der Waals surface area (Å²) in [6.07, 6.45) is 2.43. The highest BCUT2D eigenvalue weighted by molar-refractivity contribution is 5.83. The monoisotopic (exact) mass is 372 g/mol. The summed E-state index contributed by atoms with van der Waals surface area (Å²) in [6, 6.07) is 12.5. The molecule has 0 aromatic heterocycles. The quantitative estimate of drug-likeness (QED) is 0.512. The van der Waals surface area contributed by atoms with Crippen molar-refractivity contribution in [2.75, 3.05) is 27.4 Å². The predicted molar refractivity (Wildman–Crippen MR) is 103 cm³/mol. The van der Waals surface area contributed by atoms with Gasteiger partial charge in [-0.1, -0.05) is 19.1 Å². The van der Waals surface area contributed by atoms with Gasteiger partial charge in [-0.2, -0.15) is 5.10 Å². The van der Waals surface area contributed by atoms with E-state index < -0.39 is 0 Å². The van der Waals surface area contributed by atoms with Crippen molar-refractivity contribution >= 4 is 12.1 Å². The first kappa shape index (κ1) is 20.1. The number of rotatable bonds is 10. The Hall–Kier alpha value is -3.22. The Morgan fingerprint density at radius 1 is 1.00 bits per heavy atom. The lowest BCUT2D eigenvalue weighted by molar-refractivity contribution is -0.123. The van der Waals surface area contributed by atoms with Crippen molar-refractivity contribution in [1.82, 2.24) is 5.43 Å². The fourth-order valence-electron chi connectivity index (χ4n) is 2.19. The Kier molecular flexibility index (Phi) is 7.96. The third-order valence-corrected chi connectivity index (χ3v) is 3.48. The van der Waals surface area contributed by atoms with Gasteiger partial charge < -0.3 is 18.9 Å². The maximum Gasteiger partial charge on any atom is 0.277 e. The predicted octanol–water partition coefficient (Wildman–Crippen LogP) is 3.02. The molecule has 2 aromatic rings. The Morgan fingerprint density at radius 2 is 1.70 bits per heavy atom. The van der Waals surface area contributed by atoms with Crippen molar-refractivity contribution in [3.8, 4) is 23.0 Å². The third kappa shape index (κ3) is 6.22. The topological polar surface area (TPSA) is 78.4 Å². The molecule has 0 fully saturated rings. The van der Waals surface area contributed by atoms with Gasteiger partial charge in [0.1, 0.15) is 0 Å². The standard InChI is InChI=1S/C20H24N2O5/c1-4-11-26-18-10-9-15(12-19(18)25-3)13-21-22-20(23)14-27-17-8-6-5-7-16(17)24-2/h5-10,12-13H,4,11,14H2,1-3H3,(H,22,23)/b21-13+. The summed E-state index contributed by atoms with van der Waals surface area (Å²) in [5.41, 5.74) is 3.18. The molecule has 0 spiro atoms. The van der Waals surface area contributed by atoms with E-state index >= 15 is 0 Å². The van der Waals surface area contributed by atoms with E-state index in [1.165, 1.54) is 6.21 Å². The van der Waals surface area contributed by atoms with Crippen LogP contribution in [0.2, 0.25) is 0 Å². The van der Waals surface area contributed by atoms with Crippen LogP contribution in [-0.2, 0) is 4.79 Å². The van der Waals surface area contributed by atoms with Crippen LogP contribution in [-0.4, -0.2) is 39.6 Å². The van der Waals surface area contributed by atoms with Crippen molar-refractivity contribution < 1.29 is 23.7 Å². The van der Waals surface area contributed by atoms with E-state index in [-0.39, 0.29) is 12.5 Å². The largest absolute Gasteiger partial charge is 0.493 e. The van der Waals surface area contributed by atoms with Crippen molar-refractivity contribution in [3.63, 3.8) is 0 Å². The first-order valence-corrected chi connectivity index (χ1v) is 8.56. The van der Waals surface area contributed by atoms with E-state index in [0.717, 1.165) is 12.0 Å². The van der Waals surface area contributed by atoms with Gasteiger partial charge in [0.15, 0.2) is 29.6 Å². The first-order valence-electron chi connectivity index (χ1n) is 8.56. The van der Waals surface area contributed by atoms with E-state index in [0.29, 0.717) is 29.6 Å². The van der Waals surface area contributed by atoms with E-state index in [1.807, 2.05) is 25.1 Å². The summed E-state index contributed by atoms with van der Waals surface area (Å²) in [6.45, 7) is 2.48. The first-order chi connectivity index (χ1) is 13.2. The second-order valence-electron chi connectivity index (χ2n) is 5.49. The second kappa shape index (κ2) is 10.7. The van der Waals surface area contributed by atoms with E-state index in [9.17, 15) is 4.79 Å². The Bertz CT molecular complexity index is 777. The summed E-state index contributed by atoms with van der Waals surface area (Å²) >= 11 is 0. The molecular weight excluding hydrogens is 348 g/mol. The molecule has 0 aliphatic rings. The number of carbonyl (C=O) groups is 1. The molecule has 0 saturated heterocycles. The molecule has 27 heavy (non-hydrogen) atoms. The third-order valence-electron chi connectivity index (χ3n) is 3.48. The van der Waals surface area contributed by atoms with Crippen molar-refractivity contribution in [2.24, 2.45) is 5.10 Å². The number of hydrogen-bond acceptors (Lipinski definition) is 6. The van der Waals surface area contributed by atoms with Gasteiger partial charge in [-0.3, -0.25) is 4.79 Å². The normalized spacial score (nSPS) is 10.5. The van der Waals surface area contributed by atoms with Crippen molar-refractivity contribution in [2.45, 2.75) is 13.3 Å². The minimum absolute atomic E-state index is 0.176. The minimum Gasteiger partial charge on any atom is -0.493 e. The molecule has 0 radical (unpaired) electrons. The number of hydrogen-bond donors (Lipinski definition) is 1. The van der Waals surface area contributed by atoms with Crippen LogP contribution < -0.4 is 24.4 Å². The van der Waals surface area contributed by atoms with Crippen LogP contribution in [0, 0.1) is 0 Å². The smallest absolute Gasteiger partial charge is 0.277 e. The summed E-state index contributed by atoms with van der Waals surface area (Å²) in [5.74, 6) is 1.95. The average Bonchev–Trinajstić information content (AvgIpc) is 2.71. The van der Waals surface area contributed by atoms with Gasteiger partial charge in [-0.15, -0.1) is 0 Å². The average molecular weight is 372 g/mol. The summed E-state index contributed by atoms with van der Waals surface area (Å²) in [4.78, 5) is 11.9. The highest BCUT2D eigenvalue weighted by Gasteiger charge is 2.07. The number of benzene rings is 2. The lowest BCUT2D eigenvalue weighted by Gasteiger charge is -2.10. The van der Waals surface area contributed by atoms with Crippen LogP contribution in [0.15, 0.2) is 47.6 Å². The number of nitrogens with zero attached hydrogens (tertiary/aromatic N) is 1.